The minimum atomic E-state index is -4.46. The Bertz CT molecular complexity index is 1060. The molecule has 0 bridgehead atoms. The number of nitrogens with zero attached hydrogens (tertiary/aromatic N) is 1. The number of benzene rings is 2. The van der Waals surface area contributed by atoms with Gasteiger partial charge in [0.05, 0.1) is 18.7 Å². The lowest BCUT2D eigenvalue weighted by Crippen LogP contribution is -2.38. The van der Waals surface area contributed by atoms with E-state index in [2.05, 4.69) is 10.3 Å². The number of amides is 1. The summed E-state index contributed by atoms with van der Waals surface area (Å²) in [6, 6.07) is 10.6. The van der Waals surface area contributed by atoms with Gasteiger partial charge in [0.15, 0.2) is 11.5 Å². The van der Waals surface area contributed by atoms with Gasteiger partial charge in [-0.25, -0.2) is 0 Å². The van der Waals surface area contributed by atoms with Crippen LogP contribution in [0, 0.1) is 0 Å². The van der Waals surface area contributed by atoms with E-state index in [1.807, 2.05) is 19.1 Å². The van der Waals surface area contributed by atoms with E-state index in [1.54, 1.807) is 18.2 Å². The predicted molar refractivity (Wildman–Crippen MR) is 109 cm³/mol. The lowest BCUT2D eigenvalue weighted by Gasteiger charge is -2.26. The Morgan fingerprint density at radius 2 is 1.94 bits per heavy atom. The molecule has 2 aromatic rings. The van der Waals surface area contributed by atoms with Crippen LogP contribution in [0.25, 0.3) is 0 Å². The third-order valence-electron chi connectivity index (χ3n) is 5.23. The van der Waals surface area contributed by atoms with E-state index < -0.39 is 11.7 Å². The summed E-state index contributed by atoms with van der Waals surface area (Å²) in [4.78, 5) is 16.4. The average Bonchev–Trinajstić information content (AvgIpc) is 3.20. The highest BCUT2D eigenvalue weighted by Gasteiger charge is 2.34. The van der Waals surface area contributed by atoms with E-state index in [0.717, 1.165) is 17.2 Å². The molecule has 2 aromatic carbocycles. The fourth-order valence-corrected chi connectivity index (χ4v) is 3.83. The maximum atomic E-state index is 13.2. The Kier molecular flexibility index (Phi) is 5.71. The minimum absolute atomic E-state index is 0.0439. The molecule has 0 spiro atoms. The number of carbonyl (C=O) groups excluding carboxylic acids is 1. The molecule has 2 heterocycles. The summed E-state index contributed by atoms with van der Waals surface area (Å²) in [6.07, 6.45) is -2.18. The van der Waals surface area contributed by atoms with Crippen molar-refractivity contribution < 1.29 is 27.4 Å². The van der Waals surface area contributed by atoms with Crippen LogP contribution in [0.5, 0.6) is 11.5 Å². The van der Waals surface area contributed by atoms with Gasteiger partial charge in [0.1, 0.15) is 12.4 Å². The molecule has 1 saturated heterocycles. The number of ether oxygens (including phenoxy) is 2. The molecule has 0 radical (unpaired) electrons. The number of halogens is 3. The zero-order valence-electron chi connectivity index (χ0n) is 16.8. The van der Waals surface area contributed by atoms with Crippen molar-refractivity contribution in [2.75, 3.05) is 13.2 Å². The Labute approximate surface area is 177 Å². The molecular formula is C23H21F3N2O3. The van der Waals surface area contributed by atoms with Gasteiger partial charge in [-0.2, -0.15) is 13.2 Å². The van der Waals surface area contributed by atoms with Gasteiger partial charge in [0.25, 0.3) is 0 Å². The molecule has 31 heavy (non-hydrogen) atoms. The molecule has 8 heteroatoms. The topological polar surface area (TPSA) is 59.9 Å². The van der Waals surface area contributed by atoms with Crippen molar-refractivity contribution in [3.05, 3.63) is 70.8 Å². The maximum Gasteiger partial charge on any atom is 0.416 e. The van der Waals surface area contributed by atoms with Gasteiger partial charge in [-0.05, 0) is 30.7 Å². The molecule has 2 aliphatic rings. The van der Waals surface area contributed by atoms with Gasteiger partial charge >= 0.3 is 6.18 Å². The Balaban J connectivity index is 1.59. The molecule has 2 aliphatic heterocycles. The SMILES string of the molecule is CCOc1cc(C2CC(=O)NC3=NCC=C32)ccc1OCc1ccccc1C(F)(F)F. The molecule has 162 valence electrons. The van der Waals surface area contributed by atoms with Crippen LogP contribution in [0.3, 0.4) is 0 Å². The number of amidine groups is 1. The van der Waals surface area contributed by atoms with Crippen molar-refractivity contribution in [3.63, 3.8) is 0 Å². The van der Waals surface area contributed by atoms with Gasteiger partial charge in [-0.1, -0.05) is 30.3 Å². The second-order valence-electron chi connectivity index (χ2n) is 7.24. The van der Waals surface area contributed by atoms with E-state index in [4.69, 9.17) is 9.47 Å². The van der Waals surface area contributed by atoms with Crippen LogP contribution < -0.4 is 14.8 Å². The molecule has 0 saturated carbocycles. The summed E-state index contributed by atoms with van der Waals surface area (Å²) in [5.41, 5.74) is 1.15. The first-order chi connectivity index (χ1) is 14.9. The highest BCUT2D eigenvalue weighted by molar-refractivity contribution is 6.12. The number of alkyl halides is 3. The van der Waals surface area contributed by atoms with Crippen LogP contribution in [0.1, 0.15) is 36.0 Å². The summed E-state index contributed by atoms with van der Waals surface area (Å²) < 4.78 is 51.1. The van der Waals surface area contributed by atoms with Crippen molar-refractivity contribution in [1.82, 2.24) is 5.32 Å². The first-order valence-corrected chi connectivity index (χ1v) is 9.96. The third-order valence-corrected chi connectivity index (χ3v) is 5.23. The fraction of sp³-hybridized carbons (Fsp3) is 0.304. The standard InChI is InChI=1S/C23H21F3N2O3/c1-2-30-20-11-14(17-12-21(29)28-22-16(17)9-10-27-22)7-8-19(20)31-13-15-5-3-4-6-18(15)23(24,25)26/h3-9,11,17H,2,10,12-13H2,1H3,(H,27,28,29). The number of fused-ring (bicyclic) bond motifs is 1. The number of aliphatic imine (C=N–C) groups is 1. The zero-order valence-corrected chi connectivity index (χ0v) is 16.8. The van der Waals surface area contributed by atoms with Gasteiger partial charge in [-0.3, -0.25) is 9.79 Å². The van der Waals surface area contributed by atoms with Crippen molar-refractivity contribution in [2.45, 2.75) is 32.0 Å². The fourth-order valence-electron chi connectivity index (χ4n) is 3.83. The molecule has 0 aromatic heterocycles. The number of piperidine rings is 1. The van der Waals surface area contributed by atoms with Gasteiger partial charge < -0.3 is 14.8 Å². The van der Waals surface area contributed by atoms with Crippen LogP contribution in [0.4, 0.5) is 13.2 Å². The molecular weight excluding hydrogens is 409 g/mol. The Morgan fingerprint density at radius 3 is 2.71 bits per heavy atom. The molecule has 1 unspecified atom stereocenters. The van der Waals surface area contributed by atoms with Crippen LogP contribution in [0.2, 0.25) is 0 Å². The van der Waals surface area contributed by atoms with Gasteiger partial charge in [0, 0.05) is 23.5 Å². The third kappa shape index (κ3) is 4.42. The van der Waals surface area contributed by atoms with Crippen molar-refractivity contribution in [1.29, 1.82) is 0 Å². The van der Waals surface area contributed by atoms with E-state index >= 15 is 0 Å². The van der Waals surface area contributed by atoms with Crippen LogP contribution in [0.15, 0.2) is 59.1 Å². The summed E-state index contributed by atoms with van der Waals surface area (Å²) >= 11 is 0. The molecule has 1 N–H and O–H groups in total. The van der Waals surface area contributed by atoms with Crippen LogP contribution in [-0.2, 0) is 17.6 Å². The number of hydrogen-bond donors (Lipinski definition) is 1. The minimum Gasteiger partial charge on any atom is -0.490 e. The number of nitrogens with one attached hydrogen (secondary N) is 1. The van der Waals surface area contributed by atoms with Gasteiger partial charge in [-0.15, -0.1) is 0 Å². The average molecular weight is 430 g/mol. The molecule has 4 rings (SSSR count). The first-order valence-electron chi connectivity index (χ1n) is 9.96. The highest BCUT2D eigenvalue weighted by atomic mass is 19.4. The lowest BCUT2D eigenvalue weighted by atomic mass is 9.85. The Hall–Kier alpha value is -3.29. The lowest BCUT2D eigenvalue weighted by molar-refractivity contribution is -0.138. The summed E-state index contributed by atoms with van der Waals surface area (Å²) in [7, 11) is 0. The molecule has 0 aliphatic carbocycles. The van der Waals surface area contributed by atoms with E-state index in [1.165, 1.54) is 12.1 Å². The largest absolute Gasteiger partial charge is 0.490 e. The highest BCUT2D eigenvalue weighted by Crippen LogP contribution is 2.39. The Morgan fingerprint density at radius 1 is 1.13 bits per heavy atom. The number of hydrogen-bond acceptors (Lipinski definition) is 4. The first kappa shape index (κ1) is 21.0. The molecule has 1 amide bonds. The van der Waals surface area contributed by atoms with Crippen molar-refractivity contribution in [3.8, 4) is 11.5 Å². The van der Waals surface area contributed by atoms with E-state index in [9.17, 15) is 18.0 Å². The smallest absolute Gasteiger partial charge is 0.416 e. The molecule has 1 fully saturated rings. The zero-order chi connectivity index (χ0) is 22.0. The molecule has 1 atom stereocenters. The number of rotatable bonds is 6. The van der Waals surface area contributed by atoms with Crippen LogP contribution in [-0.4, -0.2) is 24.9 Å². The second-order valence-corrected chi connectivity index (χ2v) is 7.24. The van der Waals surface area contributed by atoms with Crippen molar-refractivity contribution in [2.24, 2.45) is 4.99 Å². The van der Waals surface area contributed by atoms with E-state index in [0.29, 0.717) is 30.5 Å². The van der Waals surface area contributed by atoms with Crippen molar-refractivity contribution >= 4 is 11.7 Å². The summed E-state index contributed by atoms with van der Waals surface area (Å²) in [5, 5.41) is 2.78. The van der Waals surface area contributed by atoms with E-state index in [-0.39, 0.29) is 30.4 Å². The normalized spacial score (nSPS) is 18.1. The quantitative estimate of drug-likeness (QED) is 0.727. The summed E-state index contributed by atoms with van der Waals surface area (Å²) in [6.45, 7) is 2.45. The second kappa shape index (κ2) is 8.45. The number of carbonyl (C=O) groups is 1. The summed E-state index contributed by atoms with van der Waals surface area (Å²) in [5.74, 6) is 1.10. The van der Waals surface area contributed by atoms with Gasteiger partial charge in [0.2, 0.25) is 5.91 Å². The molecule has 5 nitrogen and oxygen atoms in total. The van der Waals surface area contributed by atoms with Crippen LogP contribution >= 0.6 is 0 Å². The maximum absolute atomic E-state index is 13.2. The monoisotopic (exact) mass is 430 g/mol. The predicted octanol–water partition coefficient (Wildman–Crippen LogP) is 4.63.